The molecular formula is C29H22ClNO4S. The topological polar surface area (TPSA) is 55.8 Å². The predicted octanol–water partition coefficient (Wildman–Crippen LogP) is 7.32. The highest BCUT2D eigenvalue weighted by Gasteiger charge is 2.35. The highest BCUT2D eigenvalue weighted by Crippen LogP contribution is 2.36. The largest absolute Gasteiger partial charge is 0.493 e. The van der Waals surface area contributed by atoms with Crippen LogP contribution in [-0.2, 0) is 17.9 Å². The second-order valence-electron chi connectivity index (χ2n) is 8.20. The molecule has 1 aliphatic heterocycles. The Labute approximate surface area is 218 Å². The maximum absolute atomic E-state index is 12.9. The summed E-state index contributed by atoms with van der Waals surface area (Å²) in [5.41, 5.74) is 2.52. The quantitative estimate of drug-likeness (QED) is 0.241. The molecular weight excluding hydrogens is 494 g/mol. The van der Waals surface area contributed by atoms with Crippen LogP contribution < -0.4 is 9.47 Å². The SMILES string of the molecule is COc1cc(/C=C2\SC(=O)N(Cc3ccccc3Cl)C2=O)ccc1OCc1cccc2ccccc12. The van der Waals surface area contributed by atoms with E-state index in [2.05, 4.69) is 18.2 Å². The van der Waals surface area contributed by atoms with E-state index in [-0.39, 0.29) is 17.7 Å². The van der Waals surface area contributed by atoms with Gasteiger partial charge in [0.25, 0.3) is 11.1 Å². The van der Waals surface area contributed by atoms with Gasteiger partial charge in [0.05, 0.1) is 18.6 Å². The average Bonchev–Trinajstić information content (AvgIpc) is 3.16. The number of benzene rings is 4. The van der Waals surface area contributed by atoms with Gasteiger partial charge in [-0.05, 0) is 63.5 Å². The van der Waals surface area contributed by atoms with E-state index in [0.29, 0.717) is 28.0 Å². The lowest BCUT2D eigenvalue weighted by molar-refractivity contribution is -0.123. The summed E-state index contributed by atoms with van der Waals surface area (Å²) < 4.78 is 11.6. The molecule has 2 amide bonds. The molecule has 0 aliphatic carbocycles. The number of rotatable bonds is 7. The van der Waals surface area contributed by atoms with Crippen molar-refractivity contribution in [3.05, 3.63) is 112 Å². The minimum absolute atomic E-state index is 0.131. The molecule has 0 radical (unpaired) electrons. The number of halogens is 1. The zero-order valence-electron chi connectivity index (χ0n) is 19.4. The van der Waals surface area contributed by atoms with Crippen LogP contribution in [0.25, 0.3) is 16.8 Å². The van der Waals surface area contributed by atoms with E-state index in [4.69, 9.17) is 21.1 Å². The number of methoxy groups -OCH3 is 1. The molecule has 0 bridgehead atoms. The molecule has 5 nitrogen and oxygen atoms in total. The predicted molar refractivity (Wildman–Crippen MR) is 144 cm³/mol. The Hall–Kier alpha value is -3.74. The second-order valence-corrected chi connectivity index (χ2v) is 9.60. The number of ether oxygens (including phenoxy) is 2. The number of carbonyl (C=O) groups excluding carboxylic acids is 2. The van der Waals surface area contributed by atoms with Gasteiger partial charge in [0, 0.05) is 5.02 Å². The molecule has 0 N–H and O–H groups in total. The van der Waals surface area contributed by atoms with Gasteiger partial charge in [0.1, 0.15) is 6.61 Å². The number of thioether (sulfide) groups is 1. The summed E-state index contributed by atoms with van der Waals surface area (Å²) in [4.78, 5) is 27.0. The van der Waals surface area contributed by atoms with Crippen molar-refractivity contribution < 1.29 is 19.1 Å². The summed E-state index contributed by atoms with van der Waals surface area (Å²) in [5.74, 6) is 0.786. The summed E-state index contributed by atoms with van der Waals surface area (Å²) >= 11 is 7.12. The molecule has 0 atom stereocenters. The number of fused-ring (bicyclic) bond motifs is 1. The molecule has 5 rings (SSSR count). The molecule has 4 aromatic rings. The molecule has 1 heterocycles. The molecule has 0 spiro atoms. The van der Waals surface area contributed by atoms with Crippen molar-refractivity contribution in [2.24, 2.45) is 0 Å². The number of carbonyl (C=O) groups is 2. The first kappa shape index (κ1) is 24.0. The van der Waals surface area contributed by atoms with E-state index in [1.54, 1.807) is 31.4 Å². The Kier molecular flexibility index (Phi) is 6.98. The molecule has 1 fully saturated rings. The molecule has 7 heteroatoms. The van der Waals surface area contributed by atoms with Crippen LogP contribution in [0.3, 0.4) is 0 Å². The third-order valence-corrected chi connectivity index (χ3v) is 7.18. The van der Waals surface area contributed by atoms with E-state index in [0.717, 1.165) is 39.2 Å². The summed E-state index contributed by atoms with van der Waals surface area (Å²) in [7, 11) is 1.57. The van der Waals surface area contributed by atoms with Crippen LogP contribution in [0.5, 0.6) is 11.5 Å². The summed E-state index contributed by atoms with van der Waals surface area (Å²) in [6, 6.07) is 26.9. The number of nitrogens with zero attached hydrogens (tertiary/aromatic N) is 1. The van der Waals surface area contributed by atoms with Gasteiger partial charge >= 0.3 is 0 Å². The van der Waals surface area contributed by atoms with E-state index in [1.165, 1.54) is 4.90 Å². The number of imide groups is 1. The van der Waals surface area contributed by atoms with Gasteiger partial charge in [-0.2, -0.15) is 0 Å². The van der Waals surface area contributed by atoms with Crippen molar-refractivity contribution in [1.29, 1.82) is 0 Å². The monoisotopic (exact) mass is 515 g/mol. The third kappa shape index (κ3) is 4.96. The van der Waals surface area contributed by atoms with Gasteiger partial charge in [-0.3, -0.25) is 14.5 Å². The van der Waals surface area contributed by atoms with Crippen LogP contribution in [0, 0.1) is 0 Å². The highest BCUT2D eigenvalue weighted by molar-refractivity contribution is 8.18. The lowest BCUT2D eigenvalue weighted by Crippen LogP contribution is -2.27. The Morgan fingerprint density at radius 2 is 1.64 bits per heavy atom. The third-order valence-electron chi connectivity index (χ3n) is 5.91. The van der Waals surface area contributed by atoms with Crippen LogP contribution in [0.15, 0.2) is 89.8 Å². The minimum atomic E-state index is -0.347. The second kappa shape index (κ2) is 10.5. The molecule has 1 saturated heterocycles. The van der Waals surface area contributed by atoms with Crippen LogP contribution in [0.2, 0.25) is 5.02 Å². The van der Waals surface area contributed by atoms with E-state index < -0.39 is 0 Å². The zero-order chi connectivity index (χ0) is 25.1. The molecule has 0 aromatic heterocycles. The van der Waals surface area contributed by atoms with Crippen molar-refractivity contribution >= 4 is 51.4 Å². The van der Waals surface area contributed by atoms with Gasteiger partial charge < -0.3 is 9.47 Å². The fraction of sp³-hybridized carbons (Fsp3) is 0.103. The lowest BCUT2D eigenvalue weighted by atomic mass is 10.1. The van der Waals surface area contributed by atoms with E-state index in [9.17, 15) is 9.59 Å². The van der Waals surface area contributed by atoms with Crippen molar-refractivity contribution in [1.82, 2.24) is 4.90 Å². The fourth-order valence-corrected chi connectivity index (χ4v) is 5.09. The van der Waals surface area contributed by atoms with Gasteiger partial charge in [-0.1, -0.05) is 78.3 Å². The first-order valence-corrected chi connectivity index (χ1v) is 12.5. The zero-order valence-corrected chi connectivity index (χ0v) is 21.0. The first-order valence-electron chi connectivity index (χ1n) is 11.3. The highest BCUT2D eigenvalue weighted by atomic mass is 35.5. The van der Waals surface area contributed by atoms with E-state index >= 15 is 0 Å². The lowest BCUT2D eigenvalue weighted by Gasteiger charge is -2.13. The smallest absolute Gasteiger partial charge is 0.293 e. The van der Waals surface area contributed by atoms with Crippen molar-refractivity contribution in [2.75, 3.05) is 7.11 Å². The summed E-state index contributed by atoms with van der Waals surface area (Å²) in [5, 5.41) is 2.49. The van der Waals surface area contributed by atoms with Crippen LogP contribution in [0.1, 0.15) is 16.7 Å². The first-order chi connectivity index (χ1) is 17.5. The van der Waals surface area contributed by atoms with Gasteiger partial charge in [-0.15, -0.1) is 0 Å². The van der Waals surface area contributed by atoms with Crippen molar-refractivity contribution in [3.63, 3.8) is 0 Å². The molecule has 180 valence electrons. The van der Waals surface area contributed by atoms with Crippen LogP contribution in [-0.4, -0.2) is 23.2 Å². The Balaban J connectivity index is 1.33. The van der Waals surface area contributed by atoms with E-state index in [1.807, 2.05) is 48.5 Å². The maximum atomic E-state index is 12.9. The molecule has 1 aliphatic rings. The molecule has 0 saturated carbocycles. The minimum Gasteiger partial charge on any atom is -0.493 e. The summed E-state index contributed by atoms with van der Waals surface area (Å²) in [6.07, 6.45) is 1.69. The van der Waals surface area contributed by atoms with Crippen LogP contribution in [0.4, 0.5) is 4.79 Å². The summed E-state index contributed by atoms with van der Waals surface area (Å²) in [6.45, 7) is 0.518. The maximum Gasteiger partial charge on any atom is 0.293 e. The molecule has 0 unspecified atom stereocenters. The average molecular weight is 516 g/mol. The standard InChI is InChI=1S/C29H22ClNO4S/c1-34-26-15-19(13-14-25(26)35-18-22-10-6-9-20-7-2-4-11-23(20)22)16-27-28(32)31(29(33)36-27)17-21-8-3-5-12-24(21)30/h2-16H,17-18H2,1H3/b27-16-. The van der Waals surface area contributed by atoms with Crippen LogP contribution >= 0.6 is 23.4 Å². The fourth-order valence-electron chi connectivity index (χ4n) is 4.05. The Morgan fingerprint density at radius 1 is 0.889 bits per heavy atom. The Morgan fingerprint density at radius 3 is 2.47 bits per heavy atom. The number of hydrogen-bond donors (Lipinski definition) is 0. The number of amides is 2. The van der Waals surface area contributed by atoms with Crippen molar-refractivity contribution in [3.8, 4) is 11.5 Å². The van der Waals surface area contributed by atoms with Gasteiger partial charge in [0.15, 0.2) is 11.5 Å². The molecule has 36 heavy (non-hydrogen) atoms. The Bertz CT molecular complexity index is 1490. The van der Waals surface area contributed by atoms with Gasteiger partial charge in [-0.25, -0.2) is 0 Å². The number of hydrogen-bond acceptors (Lipinski definition) is 5. The normalized spacial score (nSPS) is 14.6. The van der Waals surface area contributed by atoms with Crippen molar-refractivity contribution in [2.45, 2.75) is 13.2 Å². The van der Waals surface area contributed by atoms with Gasteiger partial charge in [0.2, 0.25) is 0 Å². The molecule has 4 aromatic carbocycles.